The van der Waals surface area contributed by atoms with Gasteiger partial charge in [0, 0.05) is 0 Å². The van der Waals surface area contributed by atoms with Gasteiger partial charge in [0.15, 0.2) is 0 Å². The summed E-state index contributed by atoms with van der Waals surface area (Å²) in [6, 6.07) is 15.4. The molecule has 2 heterocycles. The number of hydrogen-bond acceptors (Lipinski definition) is 6. The molecule has 0 atom stereocenters. The minimum absolute atomic E-state index is 0.558. The first-order valence-corrected chi connectivity index (χ1v) is 8.87. The van der Waals surface area contributed by atoms with Crippen LogP contribution in [0.15, 0.2) is 48.5 Å². The van der Waals surface area contributed by atoms with Gasteiger partial charge < -0.3 is 9.68 Å². The van der Waals surface area contributed by atoms with E-state index in [1.54, 1.807) is 0 Å². The summed E-state index contributed by atoms with van der Waals surface area (Å²) in [6.07, 6.45) is 3.58. The highest BCUT2D eigenvalue weighted by atomic mass is 16.8. The molecule has 0 bridgehead atoms. The topological polar surface area (TPSA) is 59.1 Å². The fourth-order valence-electron chi connectivity index (χ4n) is 3.46. The molecule has 2 aromatic carbocycles. The lowest BCUT2D eigenvalue weighted by atomic mass is 10.0. The summed E-state index contributed by atoms with van der Waals surface area (Å²) in [5.41, 5.74) is 3.85. The second kappa shape index (κ2) is 7.07. The molecule has 0 saturated heterocycles. The Bertz CT molecular complexity index is 767. The van der Waals surface area contributed by atoms with Gasteiger partial charge in [-0.2, -0.15) is 0 Å². The third-order valence-corrected chi connectivity index (χ3v) is 4.69. The number of carbonyl (C=O) groups excluding carboxylic acids is 2. The molecule has 134 valence electrons. The van der Waals surface area contributed by atoms with Crippen LogP contribution >= 0.6 is 0 Å². The molecule has 2 aliphatic heterocycles. The fraction of sp³-hybridized carbons (Fsp3) is 0.300. The van der Waals surface area contributed by atoms with Crippen LogP contribution in [-0.2, 0) is 32.1 Å². The summed E-state index contributed by atoms with van der Waals surface area (Å²) in [5.74, 6) is -2.02. The largest absolute Gasteiger partial charge is 0.444 e. The summed E-state index contributed by atoms with van der Waals surface area (Å²) in [6.45, 7) is 1.12. The van der Waals surface area contributed by atoms with E-state index in [4.69, 9.17) is 9.68 Å². The predicted octanol–water partition coefficient (Wildman–Crippen LogP) is 2.81. The van der Waals surface area contributed by atoms with Crippen molar-refractivity contribution >= 4 is 23.3 Å². The number of hydrogen-bond donors (Lipinski definition) is 0. The molecule has 26 heavy (non-hydrogen) atoms. The van der Waals surface area contributed by atoms with E-state index in [2.05, 4.69) is 0 Å². The van der Waals surface area contributed by atoms with Crippen LogP contribution in [0.5, 0.6) is 0 Å². The van der Waals surface area contributed by atoms with Gasteiger partial charge >= 0.3 is 11.9 Å². The fourth-order valence-corrected chi connectivity index (χ4v) is 3.46. The van der Waals surface area contributed by atoms with Gasteiger partial charge in [-0.3, -0.25) is 0 Å². The van der Waals surface area contributed by atoms with Gasteiger partial charge in [-0.05, 0) is 48.9 Å². The minimum atomic E-state index is -1.01. The predicted molar refractivity (Wildman–Crippen MR) is 96.4 cm³/mol. The van der Waals surface area contributed by atoms with Crippen molar-refractivity contribution < 1.29 is 19.3 Å². The number of carbonyl (C=O) groups is 2. The van der Waals surface area contributed by atoms with E-state index >= 15 is 0 Å². The molecule has 0 N–H and O–H groups in total. The highest BCUT2D eigenvalue weighted by Gasteiger charge is 2.29. The summed E-state index contributed by atoms with van der Waals surface area (Å²) < 4.78 is 0. The monoisotopic (exact) mass is 352 g/mol. The van der Waals surface area contributed by atoms with E-state index in [0.29, 0.717) is 13.1 Å². The van der Waals surface area contributed by atoms with Crippen LogP contribution in [0.4, 0.5) is 11.4 Å². The molecule has 2 aromatic rings. The van der Waals surface area contributed by atoms with Crippen LogP contribution < -0.4 is 10.1 Å². The second-order valence-corrected chi connectivity index (χ2v) is 6.43. The van der Waals surface area contributed by atoms with E-state index in [1.807, 2.05) is 48.5 Å². The molecule has 6 nitrogen and oxygen atoms in total. The van der Waals surface area contributed by atoms with E-state index in [-0.39, 0.29) is 0 Å². The molecule has 0 aliphatic carbocycles. The number of aryl methyl sites for hydroxylation is 2. The zero-order chi connectivity index (χ0) is 17.9. The smallest absolute Gasteiger partial charge is 0.330 e. The highest BCUT2D eigenvalue weighted by Crippen LogP contribution is 2.28. The third kappa shape index (κ3) is 3.22. The molecule has 0 amide bonds. The third-order valence-electron chi connectivity index (χ3n) is 4.69. The van der Waals surface area contributed by atoms with Gasteiger partial charge in [0.2, 0.25) is 0 Å². The first-order valence-electron chi connectivity index (χ1n) is 8.87. The Kier molecular flexibility index (Phi) is 4.48. The molecule has 0 radical (unpaired) electrons. The Morgan fingerprint density at radius 3 is 1.58 bits per heavy atom. The van der Waals surface area contributed by atoms with Crippen molar-refractivity contribution in [1.29, 1.82) is 0 Å². The molecule has 2 aliphatic rings. The Balaban J connectivity index is 1.43. The lowest BCUT2D eigenvalue weighted by molar-refractivity contribution is -0.169. The second-order valence-electron chi connectivity index (χ2n) is 6.43. The molecule has 6 heteroatoms. The van der Waals surface area contributed by atoms with E-state index in [0.717, 1.165) is 48.2 Å². The quantitative estimate of drug-likeness (QED) is 0.775. The lowest BCUT2D eigenvalue weighted by Crippen LogP contribution is -2.39. The van der Waals surface area contributed by atoms with Crippen molar-refractivity contribution in [2.24, 2.45) is 0 Å². The molecule has 0 spiro atoms. The molecule has 0 unspecified atom stereocenters. The van der Waals surface area contributed by atoms with Crippen LogP contribution in [-0.4, -0.2) is 25.0 Å². The standard InChI is InChI=1S/C20H20N2O4/c23-19(25-21-13-5-9-15-7-1-3-11-17(15)21)20(24)26-22-14-6-10-16-8-2-4-12-18(16)22/h1-4,7-8,11-12H,5-6,9-10,13-14H2. The Morgan fingerprint density at radius 1 is 0.692 bits per heavy atom. The average Bonchev–Trinajstić information content (AvgIpc) is 2.68. The van der Waals surface area contributed by atoms with Crippen LogP contribution in [0.1, 0.15) is 24.0 Å². The molecule has 0 aromatic heterocycles. The highest BCUT2D eigenvalue weighted by molar-refractivity contribution is 6.30. The number of anilines is 2. The summed E-state index contributed by atoms with van der Waals surface area (Å²) in [7, 11) is 0. The molecule has 0 fully saturated rings. The first-order chi connectivity index (χ1) is 12.7. The number of para-hydroxylation sites is 2. The summed E-state index contributed by atoms with van der Waals surface area (Å²) in [5, 5.41) is 2.96. The van der Waals surface area contributed by atoms with E-state index < -0.39 is 11.9 Å². The Morgan fingerprint density at radius 2 is 1.12 bits per heavy atom. The van der Waals surface area contributed by atoms with Crippen LogP contribution in [0.2, 0.25) is 0 Å². The van der Waals surface area contributed by atoms with Gasteiger partial charge in [0.05, 0.1) is 24.5 Å². The molecular weight excluding hydrogens is 332 g/mol. The number of fused-ring (bicyclic) bond motifs is 2. The average molecular weight is 352 g/mol. The summed E-state index contributed by atoms with van der Waals surface area (Å²) >= 11 is 0. The zero-order valence-electron chi connectivity index (χ0n) is 14.4. The minimum Gasteiger partial charge on any atom is -0.330 e. The SMILES string of the molecule is O=C(ON1CCCc2ccccc21)C(=O)ON1CCCc2ccccc21. The Labute approximate surface area is 151 Å². The maximum Gasteiger partial charge on any atom is 0.444 e. The van der Waals surface area contributed by atoms with Crippen molar-refractivity contribution in [3.05, 3.63) is 59.7 Å². The van der Waals surface area contributed by atoms with Crippen molar-refractivity contribution in [1.82, 2.24) is 0 Å². The van der Waals surface area contributed by atoms with Crippen molar-refractivity contribution in [2.75, 3.05) is 23.2 Å². The van der Waals surface area contributed by atoms with Gasteiger partial charge in [0.25, 0.3) is 0 Å². The lowest BCUT2D eigenvalue weighted by Gasteiger charge is -2.30. The molecule has 0 saturated carbocycles. The van der Waals surface area contributed by atoms with Gasteiger partial charge in [0.1, 0.15) is 0 Å². The number of nitrogens with zero attached hydrogens (tertiary/aromatic N) is 2. The van der Waals surface area contributed by atoms with Gasteiger partial charge in [-0.15, -0.1) is 0 Å². The molecular formula is C20H20N2O4. The number of hydroxylamine groups is 2. The molecule has 4 rings (SSSR count). The number of rotatable bonds is 2. The van der Waals surface area contributed by atoms with Crippen molar-refractivity contribution in [3.63, 3.8) is 0 Å². The maximum absolute atomic E-state index is 12.2. The summed E-state index contributed by atoms with van der Waals surface area (Å²) in [4.78, 5) is 35.1. The van der Waals surface area contributed by atoms with Gasteiger partial charge in [-0.25, -0.2) is 19.7 Å². The normalized spacial score (nSPS) is 15.7. The van der Waals surface area contributed by atoms with Gasteiger partial charge in [-0.1, -0.05) is 36.4 Å². The van der Waals surface area contributed by atoms with Crippen LogP contribution in [0.3, 0.4) is 0 Å². The van der Waals surface area contributed by atoms with Crippen molar-refractivity contribution in [3.8, 4) is 0 Å². The van der Waals surface area contributed by atoms with Crippen LogP contribution in [0, 0.1) is 0 Å². The maximum atomic E-state index is 12.2. The van der Waals surface area contributed by atoms with Crippen LogP contribution in [0.25, 0.3) is 0 Å². The zero-order valence-corrected chi connectivity index (χ0v) is 14.4. The Hall–Kier alpha value is -3.02. The van der Waals surface area contributed by atoms with Crippen molar-refractivity contribution in [2.45, 2.75) is 25.7 Å². The number of benzene rings is 2. The first kappa shape index (κ1) is 16.4. The van der Waals surface area contributed by atoms with E-state index in [1.165, 1.54) is 10.1 Å². The van der Waals surface area contributed by atoms with E-state index in [9.17, 15) is 9.59 Å².